The smallest absolute Gasteiger partial charge is 0.408 e. The molecule has 0 heterocycles. The van der Waals surface area contributed by atoms with Crippen LogP contribution in [0.4, 0.5) is 4.79 Å². The minimum Gasteiger partial charge on any atom is -0.444 e. The van der Waals surface area contributed by atoms with Crippen LogP contribution in [-0.2, 0) is 20.9 Å². The number of alkyl carbamates (subject to hydrolysis) is 1. The summed E-state index contributed by atoms with van der Waals surface area (Å²) in [6.07, 6.45) is 1.97. The second-order valence-corrected chi connectivity index (χ2v) is 10.6. The molecule has 1 aliphatic carbocycles. The lowest BCUT2D eigenvalue weighted by Gasteiger charge is -2.44. The molecule has 7 heteroatoms. The van der Waals surface area contributed by atoms with Gasteiger partial charge in [-0.25, -0.2) is 4.79 Å². The summed E-state index contributed by atoms with van der Waals surface area (Å²) in [6.45, 7) is 11.2. The fraction of sp³-hybridized carbons (Fsp3) is 0.483. The first-order valence-electron chi connectivity index (χ1n) is 12.7. The van der Waals surface area contributed by atoms with E-state index in [-0.39, 0.29) is 17.9 Å². The lowest BCUT2D eigenvalue weighted by Crippen LogP contribution is -2.57. The van der Waals surface area contributed by atoms with Crippen LogP contribution in [0, 0.1) is 13.8 Å². The van der Waals surface area contributed by atoms with E-state index in [2.05, 4.69) is 10.6 Å². The quantitative estimate of drug-likeness (QED) is 0.544. The fourth-order valence-corrected chi connectivity index (χ4v) is 4.49. The van der Waals surface area contributed by atoms with Crippen molar-refractivity contribution in [3.63, 3.8) is 0 Å². The van der Waals surface area contributed by atoms with E-state index in [1.54, 1.807) is 32.6 Å². The Kier molecular flexibility index (Phi) is 8.77. The summed E-state index contributed by atoms with van der Waals surface area (Å²) in [7, 11) is 0. The number of nitrogens with one attached hydrogen (secondary N) is 2. The van der Waals surface area contributed by atoms with E-state index in [4.69, 9.17) is 4.74 Å². The number of amides is 3. The molecule has 36 heavy (non-hydrogen) atoms. The molecule has 2 N–H and O–H groups in total. The molecule has 1 aliphatic rings. The van der Waals surface area contributed by atoms with Gasteiger partial charge in [0.2, 0.25) is 11.8 Å². The van der Waals surface area contributed by atoms with Gasteiger partial charge in [0.25, 0.3) is 0 Å². The number of nitrogens with zero attached hydrogens (tertiary/aromatic N) is 1. The molecule has 1 saturated carbocycles. The van der Waals surface area contributed by atoms with Crippen LogP contribution in [0.3, 0.4) is 0 Å². The third-order valence-electron chi connectivity index (χ3n) is 6.48. The highest BCUT2D eigenvalue weighted by atomic mass is 16.6. The van der Waals surface area contributed by atoms with Crippen molar-refractivity contribution in [2.45, 2.75) is 91.1 Å². The predicted molar refractivity (Wildman–Crippen MR) is 140 cm³/mol. The molecular weight excluding hydrogens is 454 g/mol. The highest BCUT2D eigenvalue weighted by molar-refractivity contribution is 5.92. The predicted octanol–water partition coefficient (Wildman–Crippen LogP) is 4.96. The van der Waals surface area contributed by atoms with E-state index in [0.29, 0.717) is 6.54 Å². The maximum atomic E-state index is 13.9. The van der Waals surface area contributed by atoms with Gasteiger partial charge in [-0.1, -0.05) is 48.5 Å². The van der Waals surface area contributed by atoms with Crippen LogP contribution in [0.5, 0.6) is 0 Å². The van der Waals surface area contributed by atoms with Crippen LogP contribution in [0.2, 0.25) is 0 Å². The second kappa shape index (κ2) is 11.6. The van der Waals surface area contributed by atoms with E-state index in [0.717, 1.165) is 41.5 Å². The maximum Gasteiger partial charge on any atom is 0.408 e. The van der Waals surface area contributed by atoms with Crippen molar-refractivity contribution in [2.24, 2.45) is 0 Å². The van der Waals surface area contributed by atoms with Crippen molar-refractivity contribution in [2.75, 3.05) is 0 Å². The fourth-order valence-electron chi connectivity index (χ4n) is 4.49. The summed E-state index contributed by atoms with van der Waals surface area (Å²) in [4.78, 5) is 41.8. The highest BCUT2D eigenvalue weighted by Crippen LogP contribution is 2.36. The number of hydrogen-bond acceptors (Lipinski definition) is 4. The van der Waals surface area contributed by atoms with Gasteiger partial charge in [-0.3, -0.25) is 9.59 Å². The van der Waals surface area contributed by atoms with Gasteiger partial charge in [-0.2, -0.15) is 0 Å². The normalized spacial score (nSPS) is 15.3. The molecule has 1 fully saturated rings. The Morgan fingerprint density at radius 2 is 1.61 bits per heavy atom. The zero-order valence-corrected chi connectivity index (χ0v) is 22.3. The van der Waals surface area contributed by atoms with Crippen LogP contribution in [-0.4, -0.2) is 40.5 Å². The third kappa shape index (κ3) is 6.86. The number of ether oxygens (including phenoxy) is 1. The monoisotopic (exact) mass is 493 g/mol. The number of carbonyl (C=O) groups excluding carboxylic acids is 3. The SMILES string of the molecule is Cc1cccc(C)c1C(C(=O)NCc1ccccc1)N(C(=O)C(C)NC(=O)OC(C)(C)C)C1CCC1. The zero-order chi connectivity index (χ0) is 26.5. The summed E-state index contributed by atoms with van der Waals surface area (Å²) in [5.41, 5.74) is 3.01. The van der Waals surface area contributed by atoms with Gasteiger partial charge >= 0.3 is 6.09 Å². The van der Waals surface area contributed by atoms with E-state index >= 15 is 0 Å². The highest BCUT2D eigenvalue weighted by Gasteiger charge is 2.41. The van der Waals surface area contributed by atoms with Crippen molar-refractivity contribution < 1.29 is 19.1 Å². The molecule has 2 aromatic rings. The molecular formula is C29H39N3O4. The molecule has 2 unspecified atom stereocenters. The van der Waals surface area contributed by atoms with Crippen LogP contribution < -0.4 is 10.6 Å². The number of aryl methyl sites for hydroxylation is 2. The zero-order valence-electron chi connectivity index (χ0n) is 22.3. The van der Waals surface area contributed by atoms with E-state index < -0.39 is 23.8 Å². The van der Waals surface area contributed by atoms with E-state index in [1.807, 2.05) is 62.4 Å². The van der Waals surface area contributed by atoms with Crippen molar-refractivity contribution in [3.05, 3.63) is 70.8 Å². The Balaban J connectivity index is 1.94. The molecule has 7 nitrogen and oxygen atoms in total. The molecule has 0 spiro atoms. The van der Waals surface area contributed by atoms with Crippen molar-refractivity contribution in [1.29, 1.82) is 0 Å². The van der Waals surface area contributed by atoms with Crippen LogP contribution >= 0.6 is 0 Å². The Bertz CT molecular complexity index is 1050. The molecule has 0 bridgehead atoms. The summed E-state index contributed by atoms with van der Waals surface area (Å²) >= 11 is 0. The van der Waals surface area contributed by atoms with E-state index in [1.165, 1.54) is 0 Å². The second-order valence-electron chi connectivity index (χ2n) is 10.6. The van der Waals surface area contributed by atoms with Crippen LogP contribution in [0.1, 0.15) is 75.3 Å². The summed E-state index contributed by atoms with van der Waals surface area (Å²) in [5.74, 6) is -0.533. The molecule has 3 amide bonds. The first-order valence-corrected chi connectivity index (χ1v) is 12.7. The van der Waals surface area contributed by atoms with Gasteiger partial charge in [0.05, 0.1) is 0 Å². The van der Waals surface area contributed by atoms with Crippen LogP contribution in [0.25, 0.3) is 0 Å². The lowest BCUT2D eigenvalue weighted by atomic mass is 9.86. The van der Waals surface area contributed by atoms with Crippen molar-refractivity contribution >= 4 is 17.9 Å². The topological polar surface area (TPSA) is 87.7 Å². The molecule has 194 valence electrons. The average molecular weight is 494 g/mol. The Morgan fingerprint density at radius 3 is 2.14 bits per heavy atom. The summed E-state index contributed by atoms with van der Waals surface area (Å²) < 4.78 is 5.36. The minimum absolute atomic E-state index is 0.0770. The first-order chi connectivity index (χ1) is 17.0. The summed E-state index contributed by atoms with van der Waals surface area (Å²) in [6, 6.07) is 13.8. The first kappa shape index (κ1) is 27.2. The summed E-state index contributed by atoms with van der Waals surface area (Å²) in [5, 5.41) is 5.72. The molecule has 2 atom stereocenters. The van der Waals surface area contributed by atoms with Gasteiger partial charge in [-0.15, -0.1) is 0 Å². The number of benzene rings is 2. The number of hydrogen-bond donors (Lipinski definition) is 2. The van der Waals surface area contributed by atoms with Gasteiger partial charge in [-0.05, 0) is 83.1 Å². The third-order valence-corrected chi connectivity index (χ3v) is 6.48. The van der Waals surface area contributed by atoms with E-state index in [9.17, 15) is 14.4 Å². The Labute approximate surface area is 214 Å². The Morgan fingerprint density at radius 1 is 1.00 bits per heavy atom. The molecule has 0 aliphatic heterocycles. The van der Waals surface area contributed by atoms with Gasteiger partial charge in [0.1, 0.15) is 17.7 Å². The molecule has 2 aromatic carbocycles. The number of rotatable bonds is 8. The minimum atomic E-state index is -0.853. The van der Waals surface area contributed by atoms with Crippen LogP contribution in [0.15, 0.2) is 48.5 Å². The molecule has 0 aromatic heterocycles. The number of carbonyl (C=O) groups is 3. The van der Waals surface area contributed by atoms with Gasteiger partial charge < -0.3 is 20.3 Å². The van der Waals surface area contributed by atoms with Crippen molar-refractivity contribution in [3.8, 4) is 0 Å². The standard InChI is InChI=1S/C29H39N3O4/c1-19-12-10-13-20(2)24(19)25(26(33)30-18-22-14-8-7-9-15-22)32(23-16-11-17-23)27(34)21(3)31-28(35)36-29(4,5)6/h7-10,12-15,21,23,25H,11,16-18H2,1-6H3,(H,30,33)(H,31,35). The van der Waals surface area contributed by atoms with Gasteiger partial charge in [0.15, 0.2) is 0 Å². The molecule has 0 saturated heterocycles. The largest absolute Gasteiger partial charge is 0.444 e. The van der Waals surface area contributed by atoms with Crippen molar-refractivity contribution in [1.82, 2.24) is 15.5 Å². The average Bonchev–Trinajstić information content (AvgIpc) is 2.76. The maximum absolute atomic E-state index is 13.9. The van der Waals surface area contributed by atoms with Gasteiger partial charge in [0, 0.05) is 12.6 Å². The Hall–Kier alpha value is -3.35. The molecule has 0 radical (unpaired) electrons. The molecule has 3 rings (SSSR count). The lowest BCUT2D eigenvalue weighted by molar-refractivity contribution is -0.147.